The number of nitrogens with one attached hydrogen (secondary N) is 1. The molecule has 0 saturated carbocycles. The molecule has 10 heteroatoms. The van der Waals surface area contributed by atoms with Crippen LogP contribution in [0.5, 0.6) is 0 Å². The van der Waals surface area contributed by atoms with Crippen LogP contribution in [0, 0.1) is 6.92 Å². The Balaban J connectivity index is 1.36. The van der Waals surface area contributed by atoms with E-state index in [-0.39, 0.29) is 24.0 Å². The van der Waals surface area contributed by atoms with Crippen LogP contribution in [0.3, 0.4) is 0 Å². The molecule has 0 radical (unpaired) electrons. The van der Waals surface area contributed by atoms with Crippen LogP contribution in [0.15, 0.2) is 42.6 Å². The average molecular weight is 442 g/mol. The minimum absolute atomic E-state index is 0.00138. The normalized spacial score (nSPS) is 17.5. The maximum absolute atomic E-state index is 12.3. The molecular weight excluding hydrogens is 420 g/mol. The number of esters is 1. The molecule has 0 aliphatic carbocycles. The zero-order valence-electron chi connectivity index (χ0n) is 16.9. The third-order valence-electron chi connectivity index (χ3n) is 5.09. The van der Waals surface area contributed by atoms with E-state index in [4.69, 9.17) is 4.74 Å². The number of benzene rings is 1. The highest BCUT2D eigenvalue weighted by Crippen LogP contribution is 2.27. The maximum Gasteiger partial charge on any atom is 0.310 e. The number of anilines is 1. The number of hydrogen-bond donors (Lipinski definition) is 1. The van der Waals surface area contributed by atoms with Crippen molar-refractivity contribution in [3.05, 3.63) is 53.9 Å². The van der Waals surface area contributed by atoms with Crippen LogP contribution in [-0.4, -0.2) is 53.2 Å². The Labute approximate surface area is 179 Å². The quantitative estimate of drug-likeness (QED) is 0.578. The molecule has 31 heavy (non-hydrogen) atoms. The van der Waals surface area contributed by atoms with Gasteiger partial charge in [-0.2, -0.15) is 5.10 Å². The Morgan fingerprint density at radius 2 is 2.06 bits per heavy atom. The summed E-state index contributed by atoms with van der Waals surface area (Å²) >= 11 is 0. The third-order valence-corrected chi connectivity index (χ3v) is 6.85. The number of amides is 1. The van der Waals surface area contributed by atoms with E-state index in [9.17, 15) is 18.0 Å². The highest BCUT2D eigenvalue weighted by Gasteiger charge is 2.31. The van der Waals surface area contributed by atoms with Gasteiger partial charge < -0.3 is 10.1 Å². The number of carbonyl (C=O) groups excluding carboxylic acids is 2. The second-order valence-electron chi connectivity index (χ2n) is 7.55. The van der Waals surface area contributed by atoms with E-state index >= 15 is 0 Å². The Hall–Kier alpha value is -3.27. The van der Waals surface area contributed by atoms with Crippen LogP contribution in [0.4, 0.5) is 5.82 Å². The zero-order chi connectivity index (χ0) is 22.0. The molecule has 2 aromatic heterocycles. The summed E-state index contributed by atoms with van der Waals surface area (Å²) in [6.45, 7) is 1.30. The summed E-state index contributed by atoms with van der Waals surface area (Å²) in [6, 6.07) is 10.6. The second kappa shape index (κ2) is 8.46. The van der Waals surface area contributed by atoms with Crippen molar-refractivity contribution in [2.24, 2.45) is 0 Å². The van der Waals surface area contributed by atoms with Crippen LogP contribution >= 0.6 is 0 Å². The van der Waals surface area contributed by atoms with Gasteiger partial charge in [0.25, 0.3) is 5.91 Å². The molecule has 162 valence electrons. The van der Waals surface area contributed by atoms with E-state index in [1.54, 1.807) is 25.3 Å². The Kier molecular flexibility index (Phi) is 5.73. The van der Waals surface area contributed by atoms with Crippen LogP contribution in [0.25, 0.3) is 10.9 Å². The SMILES string of the molecule is Cc1cc(NC(=O)COC(=O)Cc2cccc3cccnc23)n(C2CCS(=O)(=O)C2)n1. The van der Waals surface area contributed by atoms with Gasteiger partial charge in [0.15, 0.2) is 16.4 Å². The summed E-state index contributed by atoms with van der Waals surface area (Å²) in [5.41, 5.74) is 2.09. The van der Waals surface area contributed by atoms with Crippen molar-refractivity contribution in [3.8, 4) is 0 Å². The molecule has 1 amide bonds. The van der Waals surface area contributed by atoms with Gasteiger partial charge in [-0.3, -0.25) is 14.6 Å². The predicted octanol–water partition coefficient (Wildman–Crippen LogP) is 1.82. The lowest BCUT2D eigenvalue weighted by molar-refractivity contribution is -0.146. The first-order valence-electron chi connectivity index (χ1n) is 9.85. The molecule has 1 unspecified atom stereocenters. The fourth-order valence-corrected chi connectivity index (χ4v) is 5.39. The van der Waals surface area contributed by atoms with Gasteiger partial charge >= 0.3 is 5.97 Å². The number of hydrogen-bond acceptors (Lipinski definition) is 7. The number of rotatable bonds is 6. The molecule has 1 atom stereocenters. The zero-order valence-corrected chi connectivity index (χ0v) is 17.8. The number of sulfone groups is 1. The first kappa shape index (κ1) is 21.0. The number of fused-ring (bicyclic) bond motifs is 1. The van der Waals surface area contributed by atoms with Crippen molar-refractivity contribution >= 4 is 38.4 Å². The standard InChI is InChI=1S/C21H22N4O5S/c1-14-10-18(25(24-14)17-7-9-31(28,29)13-17)23-19(26)12-30-20(27)11-16-5-2-4-15-6-3-8-22-21(15)16/h2-6,8,10,17H,7,9,11-13H2,1H3,(H,23,26). The average Bonchev–Trinajstić information content (AvgIpc) is 3.28. The van der Waals surface area contributed by atoms with Gasteiger partial charge in [0.1, 0.15) is 5.82 Å². The van der Waals surface area contributed by atoms with Crippen molar-refractivity contribution in [1.29, 1.82) is 0 Å². The fourth-order valence-electron chi connectivity index (χ4n) is 3.70. The summed E-state index contributed by atoms with van der Waals surface area (Å²) in [5.74, 6) is -0.583. The largest absolute Gasteiger partial charge is 0.455 e. The summed E-state index contributed by atoms with van der Waals surface area (Å²) in [5, 5.41) is 7.90. The lowest BCUT2D eigenvalue weighted by atomic mass is 10.1. The van der Waals surface area contributed by atoms with E-state index in [0.29, 0.717) is 17.9 Å². The number of pyridine rings is 1. The second-order valence-corrected chi connectivity index (χ2v) is 9.78. The van der Waals surface area contributed by atoms with Crippen molar-refractivity contribution in [3.63, 3.8) is 0 Å². The lowest BCUT2D eigenvalue weighted by Gasteiger charge is -2.14. The molecule has 4 rings (SSSR count). The van der Waals surface area contributed by atoms with Crippen molar-refractivity contribution in [2.45, 2.75) is 25.8 Å². The number of nitrogens with zero attached hydrogens (tertiary/aromatic N) is 3. The van der Waals surface area contributed by atoms with Crippen LogP contribution in [0.2, 0.25) is 0 Å². The van der Waals surface area contributed by atoms with Crippen molar-refractivity contribution < 1.29 is 22.7 Å². The molecule has 9 nitrogen and oxygen atoms in total. The number of ether oxygens (including phenoxy) is 1. The van der Waals surface area contributed by atoms with Gasteiger partial charge in [0.05, 0.1) is 35.2 Å². The fraction of sp³-hybridized carbons (Fsp3) is 0.333. The van der Waals surface area contributed by atoms with E-state index in [2.05, 4.69) is 15.4 Å². The summed E-state index contributed by atoms with van der Waals surface area (Å²) in [6.07, 6.45) is 2.10. The number of aryl methyl sites for hydroxylation is 1. The molecule has 1 saturated heterocycles. The Morgan fingerprint density at radius 3 is 2.84 bits per heavy atom. The molecule has 1 aliphatic rings. The molecule has 1 aliphatic heterocycles. The third kappa shape index (κ3) is 4.91. The highest BCUT2D eigenvalue weighted by atomic mass is 32.2. The van der Waals surface area contributed by atoms with Gasteiger partial charge in [-0.05, 0) is 25.0 Å². The maximum atomic E-state index is 12.3. The topological polar surface area (TPSA) is 120 Å². The Bertz CT molecular complexity index is 1250. The van der Waals surface area contributed by atoms with Crippen LogP contribution in [0.1, 0.15) is 23.7 Å². The number of aromatic nitrogens is 3. The van der Waals surface area contributed by atoms with Gasteiger partial charge in [0.2, 0.25) is 0 Å². The molecular formula is C21H22N4O5S. The van der Waals surface area contributed by atoms with E-state index < -0.39 is 28.3 Å². The summed E-state index contributed by atoms with van der Waals surface area (Å²) in [4.78, 5) is 28.9. The number of para-hydroxylation sites is 1. The van der Waals surface area contributed by atoms with E-state index in [1.807, 2.05) is 24.3 Å². The summed E-state index contributed by atoms with van der Waals surface area (Å²) in [7, 11) is -3.09. The predicted molar refractivity (Wildman–Crippen MR) is 114 cm³/mol. The summed E-state index contributed by atoms with van der Waals surface area (Å²) < 4.78 is 30.2. The van der Waals surface area contributed by atoms with Gasteiger partial charge in [-0.15, -0.1) is 0 Å². The molecule has 3 heterocycles. The first-order chi connectivity index (χ1) is 14.8. The molecule has 1 aromatic carbocycles. The molecule has 1 N–H and O–H groups in total. The van der Waals surface area contributed by atoms with Crippen molar-refractivity contribution in [1.82, 2.24) is 14.8 Å². The van der Waals surface area contributed by atoms with Gasteiger partial charge in [-0.1, -0.05) is 24.3 Å². The van der Waals surface area contributed by atoms with Crippen LogP contribution < -0.4 is 5.32 Å². The van der Waals surface area contributed by atoms with Crippen molar-refractivity contribution in [2.75, 3.05) is 23.4 Å². The Morgan fingerprint density at radius 1 is 1.26 bits per heavy atom. The van der Waals surface area contributed by atoms with Gasteiger partial charge in [0, 0.05) is 17.6 Å². The lowest BCUT2D eigenvalue weighted by Crippen LogP contribution is -2.24. The molecule has 0 bridgehead atoms. The molecule has 0 spiro atoms. The monoisotopic (exact) mass is 442 g/mol. The number of carbonyl (C=O) groups is 2. The highest BCUT2D eigenvalue weighted by molar-refractivity contribution is 7.91. The van der Waals surface area contributed by atoms with Crippen LogP contribution in [-0.2, 0) is 30.6 Å². The first-order valence-corrected chi connectivity index (χ1v) is 11.7. The van der Waals surface area contributed by atoms with E-state index in [1.165, 1.54) is 4.68 Å². The molecule has 1 fully saturated rings. The minimum Gasteiger partial charge on any atom is -0.455 e. The minimum atomic E-state index is -3.09. The van der Waals surface area contributed by atoms with Gasteiger partial charge in [-0.25, -0.2) is 13.1 Å². The smallest absolute Gasteiger partial charge is 0.310 e. The van der Waals surface area contributed by atoms with E-state index in [0.717, 1.165) is 16.5 Å². The molecule has 3 aromatic rings.